The number of ketones is 1. The number of aryl methyl sites for hydroxylation is 1. The number of rotatable bonds is 3. The highest BCUT2D eigenvalue weighted by Gasteiger charge is 2.14. The normalized spacial score (nSPS) is 10.5. The molecule has 0 radical (unpaired) electrons. The van der Waals surface area contributed by atoms with Gasteiger partial charge in [0.2, 0.25) is 0 Å². The smallest absolute Gasteiger partial charge is 0.186 e. The molecule has 1 heterocycles. The summed E-state index contributed by atoms with van der Waals surface area (Å²) in [6.45, 7) is 1.82. The minimum absolute atomic E-state index is 0.0183. The second kappa shape index (κ2) is 4.94. The van der Waals surface area contributed by atoms with Crippen LogP contribution < -0.4 is 0 Å². The van der Waals surface area contributed by atoms with Crippen LogP contribution in [0.3, 0.4) is 0 Å². The summed E-state index contributed by atoms with van der Waals surface area (Å²) in [5.41, 5.74) is 0.681. The molecule has 0 atom stereocenters. The Labute approximate surface area is 107 Å². The third-order valence-electron chi connectivity index (χ3n) is 2.29. The van der Waals surface area contributed by atoms with Gasteiger partial charge in [0.05, 0.1) is 10.0 Å². The van der Waals surface area contributed by atoms with Gasteiger partial charge in [-0.3, -0.25) is 4.79 Å². The predicted octanol–water partition coefficient (Wildman–Crippen LogP) is 3.67. The summed E-state index contributed by atoms with van der Waals surface area (Å²) in [4.78, 5) is 15.9. The van der Waals surface area contributed by atoms with Crippen molar-refractivity contribution in [3.05, 3.63) is 50.7 Å². The van der Waals surface area contributed by atoms with Crippen LogP contribution in [0.2, 0.25) is 5.02 Å². The van der Waals surface area contributed by atoms with Gasteiger partial charge in [-0.2, -0.15) is 0 Å². The zero-order valence-electron chi connectivity index (χ0n) is 9.04. The number of carbonyl (C=O) groups excluding carboxylic acids is 1. The van der Waals surface area contributed by atoms with E-state index in [1.807, 2.05) is 6.92 Å². The molecule has 0 saturated heterocycles. The largest absolute Gasteiger partial charge is 0.292 e. The number of Topliss-reactive ketones (excluding diaryl/α,β-unsaturated/α-hetero) is 1. The summed E-state index contributed by atoms with van der Waals surface area (Å²) in [6.07, 6.45) is -0.0183. The first kappa shape index (κ1) is 12.2. The van der Waals surface area contributed by atoms with Crippen LogP contribution in [-0.4, -0.2) is 10.8 Å². The molecule has 0 amide bonds. The molecule has 0 unspecified atom stereocenters. The second-order valence-electron chi connectivity index (χ2n) is 3.56. The number of benzene rings is 1. The van der Waals surface area contributed by atoms with E-state index in [1.54, 1.807) is 17.5 Å². The van der Waals surface area contributed by atoms with Gasteiger partial charge in [-0.15, -0.1) is 11.3 Å². The van der Waals surface area contributed by atoms with E-state index in [1.165, 1.54) is 17.4 Å². The van der Waals surface area contributed by atoms with E-state index < -0.39 is 5.82 Å². The molecule has 0 N–H and O–H groups in total. The van der Waals surface area contributed by atoms with Crippen molar-refractivity contribution in [2.45, 2.75) is 13.3 Å². The van der Waals surface area contributed by atoms with Crippen LogP contribution in [0.4, 0.5) is 4.39 Å². The van der Waals surface area contributed by atoms with Crippen LogP contribution in [-0.2, 0) is 6.42 Å². The van der Waals surface area contributed by atoms with Crippen LogP contribution in [0.25, 0.3) is 0 Å². The van der Waals surface area contributed by atoms with Gasteiger partial charge in [-0.05, 0) is 18.6 Å². The minimum atomic E-state index is -0.533. The van der Waals surface area contributed by atoms with Crippen molar-refractivity contribution < 1.29 is 9.18 Å². The van der Waals surface area contributed by atoms with E-state index >= 15 is 0 Å². The van der Waals surface area contributed by atoms with Crippen molar-refractivity contribution in [3.63, 3.8) is 0 Å². The van der Waals surface area contributed by atoms with Gasteiger partial charge in [-0.1, -0.05) is 23.7 Å². The molecule has 0 aliphatic rings. The van der Waals surface area contributed by atoms with Crippen LogP contribution in [0.5, 0.6) is 0 Å². The van der Waals surface area contributed by atoms with Gasteiger partial charge < -0.3 is 0 Å². The first-order valence-corrected chi connectivity index (χ1v) is 6.22. The van der Waals surface area contributed by atoms with E-state index in [2.05, 4.69) is 4.98 Å². The summed E-state index contributed by atoms with van der Waals surface area (Å²) in [5.74, 6) is -0.731. The Morgan fingerprint density at radius 2 is 2.29 bits per heavy atom. The molecule has 0 fully saturated rings. The van der Waals surface area contributed by atoms with Crippen molar-refractivity contribution in [2.24, 2.45) is 0 Å². The Hall–Kier alpha value is -1.26. The molecule has 2 aromatic rings. The summed E-state index contributed by atoms with van der Waals surface area (Å²) in [5, 5.41) is 2.53. The second-order valence-corrected chi connectivity index (χ2v) is 5.03. The topological polar surface area (TPSA) is 30.0 Å². The van der Waals surface area contributed by atoms with Gasteiger partial charge >= 0.3 is 0 Å². The van der Waals surface area contributed by atoms with Crippen molar-refractivity contribution >= 4 is 28.7 Å². The summed E-state index contributed by atoms with van der Waals surface area (Å²) >= 11 is 7.05. The minimum Gasteiger partial charge on any atom is -0.292 e. The number of hydrogen-bond acceptors (Lipinski definition) is 3. The average Bonchev–Trinajstić information content (AvgIpc) is 2.72. The summed E-state index contributed by atoms with van der Waals surface area (Å²) in [7, 11) is 0. The molecule has 17 heavy (non-hydrogen) atoms. The highest BCUT2D eigenvalue weighted by Crippen LogP contribution is 2.19. The molecule has 5 heteroatoms. The van der Waals surface area contributed by atoms with Gasteiger partial charge in [0, 0.05) is 11.8 Å². The van der Waals surface area contributed by atoms with Crippen molar-refractivity contribution in [2.75, 3.05) is 0 Å². The molecule has 1 aromatic heterocycles. The lowest BCUT2D eigenvalue weighted by Crippen LogP contribution is -2.05. The molecule has 0 aliphatic heterocycles. The molecule has 0 spiro atoms. The Morgan fingerprint density at radius 3 is 2.94 bits per heavy atom. The standard InChI is InChI=1S/C12H9ClFNOS/c1-7-15-10(6-17-7)11(16)5-8-3-2-4-9(13)12(8)14/h2-4,6H,5H2,1H3. The van der Waals surface area contributed by atoms with Crippen LogP contribution in [0.1, 0.15) is 21.1 Å². The maximum atomic E-state index is 13.6. The molecular formula is C12H9ClFNOS. The van der Waals surface area contributed by atoms with Crippen LogP contribution in [0.15, 0.2) is 23.6 Å². The quantitative estimate of drug-likeness (QED) is 0.796. The van der Waals surface area contributed by atoms with Crippen molar-refractivity contribution in [3.8, 4) is 0 Å². The van der Waals surface area contributed by atoms with E-state index in [0.29, 0.717) is 11.3 Å². The van der Waals surface area contributed by atoms with E-state index in [-0.39, 0.29) is 17.2 Å². The molecule has 2 rings (SSSR count). The van der Waals surface area contributed by atoms with Crippen LogP contribution in [0, 0.1) is 12.7 Å². The highest BCUT2D eigenvalue weighted by atomic mass is 35.5. The molecule has 1 aromatic carbocycles. The molecule has 0 bridgehead atoms. The van der Waals surface area contributed by atoms with Crippen molar-refractivity contribution in [1.82, 2.24) is 4.98 Å². The van der Waals surface area contributed by atoms with Crippen molar-refractivity contribution in [1.29, 1.82) is 0 Å². The zero-order chi connectivity index (χ0) is 12.4. The number of halogens is 2. The first-order chi connectivity index (χ1) is 8.08. The van der Waals surface area contributed by atoms with E-state index in [0.717, 1.165) is 5.01 Å². The first-order valence-electron chi connectivity index (χ1n) is 4.96. The van der Waals surface area contributed by atoms with Gasteiger partial charge in [0.1, 0.15) is 11.5 Å². The Bertz CT molecular complexity index is 567. The number of carbonyl (C=O) groups is 1. The monoisotopic (exact) mass is 269 g/mol. The lowest BCUT2D eigenvalue weighted by Gasteiger charge is -2.02. The van der Waals surface area contributed by atoms with Gasteiger partial charge in [0.15, 0.2) is 5.78 Å². The fourth-order valence-electron chi connectivity index (χ4n) is 1.44. The number of aromatic nitrogens is 1. The maximum absolute atomic E-state index is 13.6. The molecular weight excluding hydrogens is 261 g/mol. The summed E-state index contributed by atoms with van der Waals surface area (Å²) in [6, 6.07) is 4.64. The lowest BCUT2D eigenvalue weighted by molar-refractivity contribution is 0.0987. The number of hydrogen-bond donors (Lipinski definition) is 0. The van der Waals surface area contributed by atoms with E-state index in [9.17, 15) is 9.18 Å². The maximum Gasteiger partial charge on any atom is 0.186 e. The Morgan fingerprint density at radius 1 is 1.53 bits per heavy atom. The SMILES string of the molecule is Cc1nc(C(=O)Cc2cccc(Cl)c2F)cs1. The lowest BCUT2D eigenvalue weighted by atomic mass is 10.1. The molecule has 2 nitrogen and oxygen atoms in total. The van der Waals surface area contributed by atoms with Gasteiger partial charge in [-0.25, -0.2) is 9.37 Å². The highest BCUT2D eigenvalue weighted by molar-refractivity contribution is 7.09. The average molecular weight is 270 g/mol. The fourth-order valence-corrected chi connectivity index (χ4v) is 2.25. The number of thiazole rings is 1. The van der Waals surface area contributed by atoms with Gasteiger partial charge in [0.25, 0.3) is 0 Å². The molecule has 88 valence electrons. The summed E-state index contributed by atoms with van der Waals surface area (Å²) < 4.78 is 13.6. The Kier molecular flexibility index (Phi) is 3.54. The zero-order valence-corrected chi connectivity index (χ0v) is 10.6. The third-order valence-corrected chi connectivity index (χ3v) is 3.35. The third kappa shape index (κ3) is 2.70. The van der Waals surface area contributed by atoms with E-state index in [4.69, 9.17) is 11.6 Å². The molecule has 0 aliphatic carbocycles. The number of nitrogens with zero attached hydrogens (tertiary/aromatic N) is 1. The Balaban J connectivity index is 2.21. The molecule has 0 saturated carbocycles. The fraction of sp³-hybridized carbons (Fsp3) is 0.167. The predicted molar refractivity (Wildman–Crippen MR) is 66.3 cm³/mol. The van der Waals surface area contributed by atoms with Crippen LogP contribution >= 0.6 is 22.9 Å².